The lowest BCUT2D eigenvalue weighted by molar-refractivity contribution is 0.162. The van der Waals surface area contributed by atoms with Gasteiger partial charge in [0, 0.05) is 60.0 Å². The molecule has 1 fully saturated rings. The number of nitrogens with one attached hydrogen (secondary N) is 1. The van der Waals surface area contributed by atoms with Gasteiger partial charge in [0.05, 0.1) is 24.4 Å². The van der Waals surface area contributed by atoms with E-state index in [2.05, 4.69) is 58.0 Å². The Morgan fingerprint density at radius 1 is 1.29 bits per heavy atom. The topological polar surface area (TPSA) is 78.4 Å². The second-order valence-corrected chi connectivity index (χ2v) is 7.13. The van der Waals surface area contributed by atoms with Crippen molar-refractivity contribution in [1.82, 2.24) is 25.1 Å². The summed E-state index contributed by atoms with van der Waals surface area (Å²) in [5.74, 6) is 2.18. The first-order chi connectivity index (χ1) is 13.1. The zero-order valence-electron chi connectivity index (χ0n) is 17.0. The van der Waals surface area contributed by atoms with Gasteiger partial charge >= 0.3 is 0 Å². The van der Waals surface area contributed by atoms with Gasteiger partial charge in [-0.2, -0.15) is 4.98 Å². The Labute approximate surface area is 193 Å². The minimum atomic E-state index is 0. The number of hydrogen-bond donors (Lipinski definition) is 1. The number of likely N-dealkylation sites (N-methyl/N-ethyl adjacent to an activating group) is 1. The van der Waals surface area contributed by atoms with Crippen LogP contribution in [0.4, 0.5) is 5.95 Å². The molecule has 2 rings (SSSR count). The quantitative estimate of drug-likeness (QED) is 0.283. The molecule has 28 heavy (non-hydrogen) atoms. The highest BCUT2D eigenvalue weighted by Crippen LogP contribution is 2.23. The fraction of sp³-hybridized carbons (Fsp3) is 0.706. The molecule has 2 heterocycles. The van der Waals surface area contributed by atoms with Gasteiger partial charge in [-0.25, -0.2) is 4.98 Å². The van der Waals surface area contributed by atoms with Gasteiger partial charge in [-0.1, -0.05) is 0 Å². The Morgan fingerprint density at radius 2 is 2.00 bits per heavy atom. The van der Waals surface area contributed by atoms with Gasteiger partial charge in [0.25, 0.3) is 0 Å². The molecule has 1 saturated heterocycles. The van der Waals surface area contributed by atoms with Crippen LogP contribution in [0.5, 0.6) is 5.88 Å². The second kappa shape index (κ2) is 13.3. The number of piperazine rings is 1. The highest BCUT2D eigenvalue weighted by atomic mass is 127. The highest BCUT2D eigenvalue weighted by Gasteiger charge is 2.22. The maximum Gasteiger partial charge on any atom is 0.232 e. The molecule has 11 heteroatoms. The summed E-state index contributed by atoms with van der Waals surface area (Å²) in [5.41, 5.74) is 0. The van der Waals surface area contributed by atoms with Crippen molar-refractivity contribution in [3.8, 4) is 5.88 Å². The molecule has 1 aliphatic heterocycles. The average molecular weight is 572 g/mol. The summed E-state index contributed by atoms with van der Waals surface area (Å²) in [6, 6.07) is 0. The molecular weight excluding hydrogens is 541 g/mol. The zero-order chi connectivity index (χ0) is 19.6. The number of methoxy groups -OCH3 is 2. The van der Waals surface area contributed by atoms with E-state index in [1.54, 1.807) is 20.4 Å². The van der Waals surface area contributed by atoms with Crippen LogP contribution in [-0.2, 0) is 4.74 Å². The molecule has 1 aromatic heterocycles. The van der Waals surface area contributed by atoms with E-state index in [0.717, 1.165) is 62.9 Å². The summed E-state index contributed by atoms with van der Waals surface area (Å²) in [5, 5.41) is 3.44. The lowest BCUT2D eigenvalue weighted by Crippen LogP contribution is -2.53. The lowest BCUT2D eigenvalue weighted by atomic mass is 10.3. The summed E-state index contributed by atoms with van der Waals surface area (Å²) in [6.45, 7) is 6.84. The van der Waals surface area contributed by atoms with Crippen LogP contribution in [0.3, 0.4) is 0 Å². The van der Waals surface area contributed by atoms with Crippen LogP contribution in [0.1, 0.15) is 0 Å². The predicted molar refractivity (Wildman–Crippen MR) is 126 cm³/mol. The minimum absolute atomic E-state index is 0. The molecule has 0 bridgehead atoms. The maximum absolute atomic E-state index is 5.27. The number of guanidine groups is 1. The van der Waals surface area contributed by atoms with Gasteiger partial charge < -0.3 is 29.5 Å². The molecule has 0 spiro atoms. The summed E-state index contributed by atoms with van der Waals surface area (Å²) >= 11 is 3.39. The van der Waals surface area contributed by atoms with Gasteiger partial charge in [0.1, 0.15) is 0 Å². The molecule has 0 aliphatic carbocycles. The van der Waals surface area contributed by atoms with E-state index in [1.165, 1.54) is 0 Å². The predicted octanol–water partition coefficient (Wildman–Crippen LogP) is 1.14. The van der Waals surface area contributed by atoms with Gasteiger partial charge in [-0.05, 0) is 23.0 Å². The van der Waals surface area contributed by atoms with E-state index in [-0.39, 0.29) is 24.0 Å². The number of nitrogens with zero attached hydrogens (tertiary/aromatic N) is 6. The van der Waals surface area contributed by atoms with Crippen LogP contribution in [0.15, 0.2) is 15.7 Å². The zero-order valence-corrected chi connectivity index (χ0v) is 20.9. The normalized spacial score (nSPS) is 14.9. The summed E-state index contributed by atoms with van der Waals surface area (Å²) < 4.78 is 11.1. The van der Waals surface area contributed by atoms with Crippen LogP contribution >= 0.6 is 39.9 Å². The van der Waals surface area contributed by atoms with Crippen molar-refractivity contribution in [2.24, 2.45) is 4.99 Å². The van der Waals surface area contributed by atoms with E-state index < -0.39 is 0 Å². The molecule has 0 amide bonds. The minimum Gasteiger partial charge on any atom is -0.480 e. The number of anilines is 1. The molecule has 9 nitrogen and oxygen atoms in total. The number of halogens is 2. The van der Waals surface area contributed by atoms with Crippen molar-refractivity contribution in [3.05, 3.63) is 10.7 Å². The lowest BCUT2D eigenvalue weighted by Gasteiger charge is -2.36. The fourth-order valence-corrected chi connectivity index (χ4v) is 3.16. The first-order valence-corrected chi connectivity index (χ1v) is 9.83. The van der Waals surface area contributed by atoms with Crippen LogP contribution in [-0.4, -0.2) is 106 Å². The first-order valence-electron chi connectivity index (χ1n) is 9.03. The van der Waals surface area contributed by atoms with Gasteiger partial charge in [0.2, 0.25) is 11.8 Å². The molecule has 0 unspecified atom stereocenters. The van der Waals surface area contributed by atoms with Crippen molar-refractivity contribution < 1.29 is 9.47 Å². The summed E-state index contributed by atoms with van der Waals surface area (Å²) in [4.78, 5) is 20.0. The van der Waals surface area contributed by atoms with E-state index in [9.17, 15) is 0 Å². The Balaban J connectivity index is 0.00000392. The SMILES string of the molecule is CN=C(NCCN(C)CCOC)N1CCN(c2ncc(Br)c(OC)n2)CC1.I. The number of rotatable bonds is 8. The van der Waals surface area contributed by atoms with Crippen LogP contribution in [0.25, 0.3) is 0 Å². The molecule has 0 saturated carbocycles. The average Bonchev–Trinajstić information content (AvgIpc) is 2.70. The first kappa shape index (κ1) is 25.1. The van der Waals surface area contributed by atoms with Crippen molar-refractivity contribution >= 4 is 51.8 Å². The van der Waals surface area contributed by atoms with Crippen LogP contribution in [0, 0.1) is 0 Å². The standard InChI is InChI=1S/C17H30BrN7O2.HI/c1-19-16(20-5-6-23(2)11-12-26-3)24-7-9-25(10-8-24)17-21-13-14(18)15(22-17)27-4;/h13H,5-12H2,1-4H3,(H,19,20);1H. The van der Waals surface area contributed by atoms with Crippen molar-refractivity contribution in [2.75, 3.05) is 85.6 Å². The van der Waals surface area contributed by atoms with E-state index in [1.807, 2.05) is 7.05 Å². The summed E-state index contributed by atoms with van der Waals surface area (Å²) in [6.07, 6.45) is 1.73. The molecule has 0 aromatic carbocycles. The maximum atomic E-state index is 5.27. The van der Waals surface area contributed by atoms with E-state index in [0.29, 0.717) is 11.8 Å². The monoisotopic (exact) mass is 571 g/mol. The molecule has 160 valence electrons. The van der Waals surface area contributed by atoms with Crippen LogP contribution in [0.2, 0.25) is 0 Å². The largest absolute Gasteiger partial charge is 0.480 e. The molecule has 1 aromatic rings. The van der Waals surface area contributed by atoms with Crippen molar-refractivity contribution in [3.63, 3.8) is 0 Å². The Bertz CT molecular complexity index is 615. The number of hydrogen-bond acceptors (Lipinski definition) is 7. The third-order valence-electron chi connectivity index (χ3n) is 4.42. The third-order valence-corrected chi connectivity index (χ3v) is 4.96. The second-order valence-electron chi connectivity index (χ2n) is 6.27. The highest BCUT2D eigenvalue weighted by molar-refractivity contribution is 14.0. The Morgan fingerprint density at radius 3 is 2.61 bits per heavy atom. The molecule has 1 N–H and O–H groups in total. The third kappa shape index (κ3) is 7.48. The fourth-order valence-electron chi connectivity index (χ4n) is 2.81. The van der Waals surface area contributed by atoms with E-state index >= 15 is 0 Å². The Kier molecular flexibility index (Phi) is 12.0. The van der Waals surface area contributed by atoms with E-state index in [4.69, 9.17) is 9.47 Å². The van der Waals surface area contributed by atoms with Gasteiger partial charge in [0.15, 0.2) is 5.96 Å². The summed E-state index contributed by atoms with van der Waals surface area (Å²) in [7, 11) is 7.25. The van der Waals surface area contributed by atoms with Crippen molar-refractivity contribution in [1.29, 1.82) is 0 Å². The van der Waals surface area contributed by atoms with Gasteiger partial charge in [-0.15, -0.1) is 24.0 Å². The number of aromatic nitrogens is 2. The smallest absolute Gasteiger partial charge is 0.232 e. The number of ether oxygens (including phenoxy) is 2. The van der Waals surface area contributed by atoms with Crippen LogP contribution < -0.4 is 15.0 Å². The number of aliphatic imine (C=N–C) groups is 1. The molecule has 0 atom stereocenters. The molecule has 0 radical (unpaired) electrons. The molecule has 1 aliphatic rings. The molecular formula is C17H31BrIN7O2. The Hall–Kier alpha value is -0.920. The van der Waals surface area contributed by atoms with Crippen molar-refractivity contribution in [2.45, 2.75) is 0 Å². The van der Waals surface area contributed by atoms with Gasteiger partial charge in [-0.3, -0.25) is 4.99 Å².